The summed E-state index contributed by atoms with van der Waals surface area (Å²) >= 11 is 0. The second kappa shape index (κ2) is 8.25. The highest BCUT2D eigenvalue weighted by Gasteiger charge is 2.47. The van der Waals surface area contributed by atoms with Crippen LogP contribution < -0.4 is 9.64 Å². The number of pyridine rings is 1. The van der Waals surface area contributed by atoms with Crippen molar-refractivity contribution in [3.63, 3.8) is 0 Å². The van der Waals surface area contributed by atoms with E-state index in [2.05, 4.69) is 21.8 Å². The van der Waals surface area contributed by atoms with Gasteiger partial charge in [-0.25, -0.2) is 18.4 Å². The Morgan fingerprint density at radius 3 is 2.88 bits per heavy atom. The molecule has 5 rings (SSSR count). The van der Waals surface area contributed by atoms with Crippen LogP contribution in [0.25, 0.3) is 22.4 Å². The Balaban J connectivity index is 1.74. The predicted octanol–water partition coefficient (Wildman–Crippen LogP) is 3.07. The molecule has 0 radical (unpaired) electrons. The summed E-state index contributed by atoms with van der Waals surface area (Å²) < 4.78 is 36.4. The SMILES string of the molecule is CCOc1cc(-c2nc(N3CCOC[C@H]3C)cc(C3(C)CCCS3(=O)=O)n2)c2cc[nH]c2n1. The number of hydrogen-bond donors (Lipinski definition) is 1. The van der Waals surface area contributed by atoms with Gasteiger partial charge in [0, 0.05) is 35.8 Å². The van der Waals surface area contributed by atoms with Crippen LogP contribution in [0, 0.1) is 0 Å². The molecule has 1 N–H and O–H groups in total. The molecule has 2 aliphatic heterocycles. The van der Waals surface area contributed by atoms with Crippen LogP contribution in [0.2, 0.25) is 0 Å². The number of sulfone groups is 1. The lowest BCUT2D eigenvalue weighted by atomic mass is 10.0. The molecule has 0 aromatic carbocycles. The van der Waals surface area contributed by atoms with Crippen molar-refractivity contribution in [2.75, 3.05) is 37.0 Å². The quantitative estimate of drug-likeness (QED) is 0.605. The van der Waals surface area contributed by atoms with E-state index in [4.69, 9.17) is 19.4 Å². The molecule has 2 saturated heterocycles. The number of aromatic nitrogens is 4. The highest BCUT2D eigenvalue weighted by Crippen LogP contribution is 2.42. The minimum absolute atomic E-state index is 0.117. The second-order valence-corrected chi connectivity index (χ2v) is 11.4. The average Bonchev–Trinajstić information content (AvgIpc) is 3.37. The number of fused-ring (bicyclic) bond motifs is 1. The molecule has 3 aromatic rings. The van der Waals surface area contributed by atoms with Crippen LogP contribution in [0.1, 0.15) is 39.3 Å². The molecular weight excluding hydrogens is 442 g/mol. The van der Waals surface area contributed by atoms with Crippen molar-refractivity contribution in [2.45, 2.75) is 44.4 Å². The Labute approximate surface area is 193 Å². The van der Waals surface area contributed by atoms with Crippen LogP contribution in [-0.2, 0) is 19.3 Å². The smallest absolute Gasteiger partial charge is 0.215 e. The van der Waals surface area contributed by atoms with E-state index in [0.29, 0.717) is 68.1 Å². The molecule has 33 heavy (non-hydrogen) atoms. The molecule has 0 aliphatic carbocycles. The zero-order valence-electron chi connectivity index (χ0n) is 19.2. The largest absolute Gasteiger partial charge is 0.478 e. The van der Waals surface area contributed by atoms with E-state index >= 15 is 0 Å². The van der Waals surface area contributed by atoms with Gasteiger partial charge in [-0.2, -0.15) is 4.98 Å². The van der Waals surface area contributed by atoms with Gasteiger partial charge in [0.2, 0.25) is 5.88 Å². The summed E-state index contributed by atoms with van der Waals surface area (Å²) in [6.07, 6.45) is 2.99. The number of H-pyrrole nitrogens is 1. The fraction of sp³-hybridized carbons (Fsp3) is 0.522. The number of hydrogen-bond acceptors (Lipinski definition) is 8. The van der Waals surface area contributed by atoms with Gasteiger partial charge in [-0.05, 0) is 39.7 Å². The fourth-order valence-electron chi connectivity index (χ4n) is 4.73. The first kappa shape index (κ1) is 22.1. The Bertz CT molecular complexity index is 1290. The topological polar surface area (TPSA) is 110 Å². The van der Waals surface area contributed by atoms with Crippen LogP contribution in [-0.4, -0.2) is 66.5 Å². The molecule has 176 valence electrons. The zero-order chi connectivity index (χ0) is 23.2. The molecule has 5 heterocycles. The van der Waals surface area contributed by atoms with E-state index < -0.39 is 14.6 Å². The van der Waals surface area contributed by atoms with Gasteiger partial charge in [0.15, 0.2) is 15.7 Å². The van der Waals surface area contributed by atoms with Crippen molar-refractivity contribution in [1.29, 1.82) is 0 Å². The lowest BCUT2D eigenvalue weighted by molar-refractivity contribution is 0.0985. The Morgan fingerprint density at radius 1 is 1.30 bits per heavy atom. The van der Waals surface area contributed by atoms with Gasteiger partial charge < -0.3 is 19.4 Å². The molecule has 0 amide bonds. The van der Waals surface area contributed by atoms with Crippen molar-refractivity contribution in [1.82, 2.24) is 19.9 Å². The van der Waals surface area contributed by atoms with Crippen molar-refractivity contribution < 1.29 is 17.9 Å². The van der Waals surface area contributed by atoms with Crippen molar-refractivity contribution in [3.8, 4) is 17.3 Å². The highest BCUT2D eigenvalue weighted by molar-refractivity contribution is 7.92. The predicted molar refractivity (Wildman–Crippen MR) is 126 cm³/mol. The van der Waals surface area contributed by atoms with Gasteiger partial charge in [0.05, 0.1) is 37.3 Å². The lowest BCUT2D eigenvalue weighted by Crippen LogP contribution is -2.44. The molecule has 3 aromatic heterocycles. The fourth-order valence-corrected chi connectivity index (χ4v) is 6.58. The van der Waals surface area contributed by atoms with E-state index in [0.717, 1.165) is 10.9 Å². The summed E-state index contributed by atoms with van der Waals surface area (Å²) in [6.45, 7) is 8.13. The number of aromatic amines is 1. The Morgan fingerprint density at radius 2 is 2.15 bits per heavy atom. The molecule has 2 fully saturated rings. The van der Waals surface area contributed by atoms with Crippen LogP contribution in [0.4, 0.5) is 5.82 Å². The average molecular weight is 472 g/mol. The van der Waals surface area contributed by atoms with E-state index in [1.165, 1.54) is 0 Å². The number of rotatable bonds is 5. The van der Waals surface area contributed by atoms with Gasteiger partial charge in [0.1, 0.15) is 16.2 Å². The number of anilines is 1. The number of nitrogens with zero attached hydrogens (tertiary/aromatic N) is 4. The maximum atomic E-state index is 13.1. The first-order valence-electron chi connectivity index (χ1n) is 11.4. The molecule has 9 nitrogen and oxygen atoms in total. The third-order valence-electron chi connectivity index (χ3n) is 6.71. The van der Waals surface area contributed by atoms with Gasteiger partial charge in [-0.1, -0.05) is 0 Å². The molecule has 0 saturated carbocycles. The zero-order valence-corrected chi connectivity index (χ0v) is 20.0. The van der Waals surface area contributed by atoms with Gasteiger partial charge in [-0.3, -0.25) is 0 Å². The molecule has 1 unspecified atom stereocenters. The second-order valence-electron chi connectivity index (χ2n) is 8.89. The summed E-state index contributed by atoms with van der Waals surface area (Å²) in [7, 11) is -3.32. The summed E-state index contributed by atoms with van der Waals surface area (Å²) in [5.41, 5.74) is 1.97. The third kappa shape index (κ3) is 3.74. The van der Waals surface area contributed by atoms with Crippen LogP contribution in [0.3, 0.4) is 0 Å². The molecule has 10 heteroatoms. The number of ether oxygens (including phenoxy) is 2. The number of morpholine rings is 1. The first-order valence-corrected chi connectivity index (χ1v) is 13.0. The first-order chi connectivity index (χ1) is 15.8. The Kier molecular flexibility index (Phi) is 5.52. The summed E-state index contributed by atoms with van der Waals surface area (Å²) in [4.78, 5) is 19.6. The summed E-state index contributed by atoms with van der Waals surface area (Å²) in [6, 6.07) is 5.73. The van der Waals surface area contributed by atoms with Gasteiger partial charge >= 0.3 is 0 Å². The van der Waals surface area contributed by atoms with Gasteiger partial charge in [0.25, 0.3) is 0 Å². The minimum atomic E-state index is -3.32. The summed E-state index contributed by atoms with van der Waals surface area (Å²) in [5.74, 6) is 1.83. The lowest BCUT2D eigenvalue weighted by Gasteiger charge is -2.35. The molecule has 2 aliphatic rings. The van der Waals surface area contributed by atoms with Crippen molar-refractivity contribution >= 4 is 26.7 Å². The standard InChI is InChI=1S/C23H29N5O4S/c1-4-32-20-12-17(16-6-8-24-21(16)27-20)22-25-18(23(3)7-5-11-33(23,29)30)13-19(26-22)28-9-10-31-14-15(28)2/h6,8,12-13,15H,4-5,7,9-11,14H2,1-3H3,(H,24,27)/t15-,23?/m1/s1. The summed E-state index contributed by atoms with van der Waals surface area (Å²) in [5, 5.41) is 0.857. The van der Waals surface area contributed by atoms with Crippen molar-refractivity contribution in [3.05, 3.63) is 30.1 Å². The maximum absolute atomic E-state index is 13.1. The minimum Gasteiger partial charge on any atom is -0.478 e. The van der Waals surface area contributed by atoms with E-state index in [9.17, 15) is 8.42 Å². The third-order valence-corrected chi connectivity index (χ3v) is 9.32. The van der Waals surface area contributed by atoms with E-state index in [1.54, 1.807) is 6.92 Å². The van der Waals surface area contributed by atoms with Crippen LogP contribution in [0.15, 0.2) is 24.4 Å². The van der Waals surface area contributed by atoms with E-state index in [1.807, 2.05) is 31.3 Å². The number of nitrogens with one attached hydrogen (secondary N) is 1. The highest BCUT2D eigenvalue weighted by atomic mass is 32.2. The normalized spacial score (nSPS) is 24.9. The molecule has 0 bridgehead atoms. The Hall–Kier alpha value is -2.72. The molecular formula is C23H29N5O4S. The van der Waals surface area contributed by atoms with Crippen molar-refractivity contribution in [2.24, 2.45) is 0 Å². The monoisotopic (exact) mass is 471 g/mol. The van der Waals surface area contributed by atoms with Crippen LogP contribution >= 0.6 is 0 Å². The van der Waals surface area contributed by atoms with Gasteiger partial charge in [-0.15, -0.1) is 0 Å². The van der Waals surface area contributed by atoms with E-state index in [-0.39, 0.29) is 11.8 Å². The molecule has 2 atom stereocenters. The van der Waals surface area contributed by atoms with Crippen LogP contribution in [0.5, 0.6) is 5.88 Å². The maximum Gasteiger partial charge on any atom is 0.215 e. The molecule has 0 spiro atoms.